The number of benzene rings is 1. The van der Waals surface area contributed by atoms with Crippen molar-refractivity contribution in [2.75, 3.05) is 32.4 Å². The van der Waals surface area contributed by atoms with Gasteiger partial charge in [0.05, 0.1) is 11.8 Å². The number of piperazine rings is 1. The summed E-state index contributed by atoms with van der Waals surface area (Å²) in [5, 5.41) is 0. The van der Waals surface area contributed by atoms with Gasteiger partial charge in [-0.2, -0.15) is 4.31 Å². The number of rotatable bonds is 2. The molecule has 0 atom stereocenters. The first-order valence-electron chi connectivity index (χ1n) is 6.02. The normalized spacial score (nSPS) is 17.2. The van der Waals surface area contributed by atoms with Gasteiger partial charge in [0, 0.05) is 31.1 Å². The highest BCUT2D eigenvalue weighted by Crippen LogP contribution is 2.17. The van der Waals surface area contributed by atoms with E-state index in [-0.39, 0.29) is 31.7 Å². The lowest BCUT2D eigenvalue weighted by Crippen LogP contribution is -2.50. The molecule has 1 aliphatic rings. The van der Waals surface area contributed by atoms with E-state index in [4.69, 9.17) is 0 Å². The Morgan fingerprint density at radius 1 is 1.25 bits per heavy atom. The monoisotopic (exact) mass is 318 g/mol. The van der Waals surface area contributed by atoms with Gasteiger partial charge in [0.1, 0.15) is 5.82 Å². The van der Waals surface area contributed by atoms with Crippen LogP contribution in [0.4, 0.5) is 4.39 Å². The van der Waals surface area contributed by atoms with Gasteiger partial charge in [-0.3, -0.25) is 4.79 Å². The number of nitrogens with zero attached hydrogens (tertiary/aromatic N) is 2. The second kappa shape index (κ2) is 5.71. The predicted molar refractivity (Wildman–Crippen MR) is 76.0 cm³/mol. The molecule has 0 radical (unpaired) electrons. The van der Waals surface area contributed by atoms with Gasteiger partial charge in [0.25, 0.3) is 5.91 Å². The smallest absolute Gasteiger partial charge is 0.256 e. The Hall–Kier alpha value is -1.12. The van der Waals surface area contributed by atoms with Crippen molar-refractivity contribution in [3.05, 3.63) is 29.6 Å². The summed E-state index contributed by atoms with van der Waals surface area (Å²) in [6.45, 7) is 0.962. The Bertz CT molecular complexity index is 626. The van der Waals surface area contributed by atoms with Crippen LogP contribution in [-0.2, 0) is 10.0 Å². The van der Waals surface area contributed by atoms with Crippen molar-refractivity contribution < 1.29 is 17.6 Å². The summed E-state index contributed by atoms with van der Waals surface area (Å²) in [5.74, 6) is -1.04. The predicted octanol–water partition coefficient (Wildman–Crippen LogP) is 0.832. The van der Waals surface area contributed by atoms with Crippen LogP contribution in [-0.4, -0.2) is 56.0 Å². The quantitative estimate of drug-likeness (QED) is 0.822. The Labute approximate surface area is 122 Å². The van der Waals surface area contributed by atoms with Gasteiger partial charge < -0.3 is 4.90 Å². The molecule has 1 saturated heterocycles. The lowest BCUT2D eigenvalue weighted by Gasteiger charge is -2.33. The highest BCUT2D eigenvalue weighted by atomic mass is 32.2. The first kappa shape index (κ1) is 15.3. The minimum atomic E-state index is -3.25. The summed E-state index contributed by atoms with van der Waals surface area (Å²) in [6, 6.07) is 4.04. The molecule has 5 nitrogen and oxygen atoms in total. The largest absolute Gasteiger partial charge is 0.336 e. The van der Waals surface area contributed by atoms with E-state index in [9.17, 15) is 17.6 Å². The zero-order valence-corrected chi connectivity index (χ0v) is 12.6. The fourth-order valence-corrected chi connectivity index (χ4v) is 3.10. The van der Waals surface area contributed by atoms with Gasteiger partial charge in [0.2, 0.25) is 10.0 Å². The number of carbonyl (C=O) groups excluding carboxylic acids is 1. The molecule has 20 heavy (non-hydrogen) atoms. The van der Waals surface area contributed by atoms with Crippen molar-refractivity contribution in [2.45, 2.75) is 4.90 Å². The second-order valence-corrected chi connectivity index (χ2v) is 7.12. The van der Waals surface area contributed by atoms with E-state index in [1.54, 1.807) is 0 Å². The number of halogens is 1. The topological polar surface area (TPSA) is 57.7 Å². The van der Waals surface area contributed by atoms with Crippen LogP contribution in [0.2, 0.25) is 0 Å². The van der Waals surface area contributed by atoms with Gasteiger partial charge >= 0.3 is 0 Å². The standard InChI is InChI=1S/C12H15FN2O3S2/c1-20(17,18)15-6-4-14(5-7-15)12(16)10-8-9(19)2-3-11(10)13/h2-3,8,19H,4-7H2,1H3. The zero-order chi connectivity index (χ0) is 14.9. The average Bonchev–Trinajstić information content (AvgIpc) is 2.40. The molecular weight excluding hydrogens is 303 g/mol. The Morgan fingerprint density at radius 2 is 1.85 bits per heavy atom. The van der Waals surface area contributed by atoms with Crippen LogP contribution in [0.15, 0.2) is 23.1 Å². The van der Waals surface area contributed by atoms with Crippen molar-refractivity contribution >= 4 is 28.6 Å². The summed E-state index contributed by atoms with van der Waals surface area (Å²) in [7, 11) is -3.25. The number of hydrogen-bond acceptors (Lipinski definition) is 4. The SMILES string of the molecule is CS(=O)(=O)N1CCN(C(=O)c2cc(S)ccc2F)CC1. The van der Waals surface area contributed by atoms with Crippen LogP contribution >= 0.6 is 12.6 Å². The minimum Gasteiger partial charge on any atom is -0.336 e. The van der Waals surface area contributed by atoms with E-state index in [0.717, 1.165) is 6.26 Å². The van der Waals surface area contributed by atoms with Crippen molar-refractivity contribution in [1.82, 2.24) is 9.21 Å². The molecular formula is C12H15FN2O3S2. The van der Waals surface area contributed by atoms with E-state index in [0.29, 0.717) is 4.90 Å². The number of sulfonamides is 1. The third kappa shape index (κ3) is 3.31. The van der Waals surface area contributed by atoms with Crippen LogP contribution in [0, 0.1) is 5.82 Å². The molecule has 0 aromatic heterocycles. The van der Waals surface area contributed by atoms with Crippen LogP contribution in [0.3, 0.4) is 0 Å². The van der Waals surface area contributed by atoms with Gasteiger partial charge in [-0.15, -0.1) is 12.6 Å². The first-order chi connectivity index (χ1) is 9.29. The molecule has 0 aliphatic carbocycles. The van der Waals surface area contributed by atoms with E-state index < -0.39 is 21.7 Å². The summed E-state index contributed by atoms with van der Waals surface area (Å²) in [6.07, 6.45) is 1.13. The third-order valence-corrected chi connectivity index (χ3v) is 4.76. The Kier molecular flexibility index (Phi) is 4.36. The maximum absolute atomic E-state index is 13.7. The van der Waals surface area contributed by atoms with Crippen LogP contribution < -0.4 is 0 Å². The molecule has 110 valence electrons. The van der Waals surface area contributed by atoms with E-state index in [1.807, 2.05) is 0 Å². The van der Waals surface area contributed by atoms with Crippen LogP contribution in [0.25, 0.3) is 0 Å². The summed E-state index contributed by atoms with van der Waals surface area (Å²) in [5.41, 5.74) is -0.0368. The molecule has 1 aromatic rings. The Morgan fingerprint density at radius 3 is 2.40 bits per heavy atom. The van der Waals surface area contributed by atoms with E-state index in [2.05, 4.69) is 12.6 Å². The first-order valence-corrected chi connectivity index (χ1v) is 8.31. The number of hydrogen-bond donors (Lipinski definition) is 1. The van der Waals surface area contributed by atoms with Crippen LogP contribution in [0.5, 0.6) is 0 Å². The second-order valence-electron chi connectivity index (χ2n) is 4.62. The van der Waals surface area contributed by atoms with Crippen molar-refractivity contribution in [2.24, 2.45) is 0 Å². The summed E-state index contributed by atoms with van der Waals surface area (Å²) >= 11 is 4.09. The number of carbonyl (C=O) groups is 1. The van der Waals surface area contributed by atoms with E-state index >= 15 is 0 Å². The van der Waals surface area contributed by atoms with Crippen molar-refractivity contribution in [3.8, 4) is 0 Å². The number of amides is 1. The lowest BCUT2D eigenvalue weighted by molar-refractivity contribution is 0.0693. The summed E-state index contributed by atoms with van der Waals surface area (Å²) < 4.78 is 37.7. The van der Waals surface area contributed by atoms with Crippen molar-refractivity contribution in [1.29, 1.82) is 0 Å². The van der Waals surface area contributed by atoms with Gasteiger partial charge in [-0.1, -0.05) is 0 Å². The molecule has 8 heteroatoms. The molecule has 1 heterocycles. The molecule has 0 unspecified atom stereocenters. The fourth-order valence-electron chi connectivity index (χ4n) is 2.07. The van der Waals surface area contributed by atoms with Gasteiger partial charge in [-0.25, -0.2) is 12.8 Å². The molecule has 1 fully saturated rings. The summed E-state index contributed by atoms with van der Waals surface area (Å²) in [4.78, 5) is 14.2. The van der Waals surface area contributed by atoms with Crippen LogP contribution in [0.1, 0.15) is 10.4 Å². The fraction of sp³-hybridized carbons (Fsp3) is 0.417. The van der Waals surface area contributed by atoms with Crippen molar-refractivity contribution in [3.63, 3.8) is 0 Å². The molecule has 0 saturated carbocycles. The van der Waals surface area contributed by atoms with E-state index in [1.165, 1.54) is 27.4 Å². The maximum Gasteiger partial charge on any atom is 0.256 e. The molecule has 1 aliphatic heterocycles. The molecule has 2 rings (SSSR count). The molecule has 0 N–H and O–H groups in total. The third-order valence-electron chi connectivity index (χ3n) is 3.18. The molecule has 1 amide bonds. The maximum atomic E-state index is 13.7. The molecule has 0 spiro atoms. The number of thiol groups is 1. The molecule has 1 aromatic carbocycles. The Balaban J connectivity index is 2.11. The van der Waals surface area contributed by atoms with Gasteiger partial charge in [0.15, 0.2) is 0 Å². The molecule has 0 bridgehead atoms. The zero-order valence-electron chi connectivity index (χ0n) is 10.9. The van der Waals surface area contributed by atoms with Gasteiger partial charge in [-0.05, 0) is 18.2 Å². The highest BCUT2D eigenvalue weighted by Gasteiger charge is 2.27. The lowest BCUT2D eigenvalue weighted by atomic mass is 10.1. The highest BCUT2D eigenvalue weighted by molar-refractivity contribution is 7.88. The average molecular weight is 318 g/mol. The minimum absolute atomic E-state index is 0.0368.